The summed E-state index contributed by atoms with van der Waals surface area (Å²) in [7, 11) is 0. The van der Waals surface area contributed by atoms with Gasteiger partial charge in [-0.05, 0) is 91.5 Å². The Labute approximate surface area is 520 Å². The zero-order valence-corrected chi connectivity index (χ0v) is 49.3. The van der Waals surface area contributed by atoms with Crippen LogP contribution in [0.1, 0.15) is 90.7 Å². The first kappa shape index (κ1) is 71.4. The molecule has 5 atom stereocenters. The summed E-state index contributed by atoms with van der Waals surface area (Å²) in [5, 5.41) is 102. The Morgan fingerprint density at radius 2 is 1.07 bits per heavy atom. The van der Waals surface area contributed by atoms with Gasteiger partial charge in [-0.3, -0.25) is 48.2 Å². The van der Waals surface area contributed by atoms with E-state index in [1.807, 2.05) is 0 Å². The summed E-state index contributed by atoms with van der Waals surface area (Å²) in [6.45, 7) is -2.22. The maximum Gasteiger partial charge on any atom is 0.326 e. The van der Waals surface area contributed by atoms with Crippen LogP contribution in [0.15, 0.2) is 91.0 Å². The minimum Gasteiger partial charge on any atom is -0.508 e. The fraction of sp³-hybridized carbons (Fsp3) is 0.410. The molecule has 1 aliphatic rings. The first-order chi connectivity index (χ1) is 43.2. The topological polar surface area (TPSA) is 475 Å². The second-order valence-corrected chi connectivity index (χ2v) is 21.7. The van der Waals surface area contributed by atoms with E-state index in [9.17, 15) is 93.3 Å². The molecule has 5 rings (SSSR count). The van der Waals surface area contributed by atoms with Gasteiger partial charge >= 0.3 is 47.8 Å². The molecular formula is C61H74N8O22. The number of aliphatic carboxylic acids is 7. The number of phenols is 2. The van der Waals surface area contributed by atoms with Crippen molar-refractivity contribution < 1.29 is 108 Å². The molecule has 91 heavy (non-hydrogen) atoms. The van der Waals surface area contributed by atoms with E-state index in [0.717, 1.165) is 5.56 Å². The number of benzene rings is 4. The minimum atomic E-state index is -1.58. The van der Waals surface area contributed by atoms with E-state index < -0.39 is 140 Å². The fourth-order valence-corrected chi connectivity index (χ4v) is 9.80. The Hall–Kier alpha value is -10.4. The highest BCUT2D eigenvalue weighted by Gasteiger charge is 2.61. The molecule has 1 fully saturated rings. The first-order valence-electron chi connectivity index (χ1n) is 28.8. The molecule has 4 aromatic rings. The molecule has 0 heterocycles. The van der Waals surface area contributed by atoms with Crippen molar-refractivity contribution in [3.05, 3.63) is 124 Å². The molecule has 6 amide bonds. The summed E-state index contributed by atoms with van der Waals surface area (Å²) in [6, 6.07) is 18.3. The molecule has 0 spiro atoms. The number of phenolic OH excluding ortho intramolecular Hbond substituents is 2. The van der Waals surface area contributed by atoms with Crippen LogP contribution in [-0.4, -0.2) is 197 Å². The predicted molar refractivity (Wildman–Crippen MR) is 317 cm³/mol. The molecule has 490 valence electrons. The number of carbonyl (C=O) groups is 12. The van der Waals surface area contributed by atoms with Crippen LogP contribution in [0.25, 0.3) is 0 Å². The fourth-order valence-electron chi connectivity index (χ4n) is 9.80. The highest BCUT2D eigenvalue weighted by molar-refractivity contribution is 5.96. The third kappa shape index (κ3) is 24.6. The minimum absolute atomic E-state index is 0.00248. The van der Waals surface area contributed by atoms with E-state index in [0.29, 0.717) is 27.8 Å². The lowest BCUT2D eigenvalue weighted by atomic mass is 10.0. The number of rotatable bonds is 41. The highest BCUT2D eigenvalue weighted by Crippen LogP contribution is 2.51. The van der Waals surface area contributed by atoms with Crippen LogP contribution < -0.4 is 36.6 Å². The molecule has 30 heteroatoms. The maximum atomic E-state index is 13.7. The molecule has 0 aromatic heterocycles. The smallest absolute Gasteiger partial charge is 0.326 e. The van der Waals surface area contributed by atoms with Gasteiger partial charge in [0.15, 0.2) is 6.61 Å². The molecule has 0 aliphatic heterocycles. The van der Waals surface area contributed by atoms with Crippen molar-refractivity contribution in [3.8, 4) is 17.2 Å². The Kier molecular flexibility index (Phi) is 27.5. The van der Waals surface area contributed by atoms with Gasteiger partial charge in [-0.25, -0.2) is 19.2 Å². The van der Waals surface area contributed by atoms with Gasteiger partial charge in [0, 0.05) is 75.5 Å². The normalized spacial score (nSPS) is 15.0. The van der Waals surface area contributed by atoms with Crippen LogP contribution in [0.3, 0.4) is 0 Å². The molecule has 1 saturated carbocycles. The average molecular weight is 1270 g/mol. The predicted octanol–water partition coefficient (Wildman–Crippen LogP) is 1.23. The number of nitrogens with one attached hydrogen (secondary N) is 6. The summed E-state index contributed by atoms with van der Waals surface area (Å²) < 4.78 is 5.70. The Morgan fingerprint density at radius 1 is 0.538 bits per heavy atom. The standard InChI is InChI=1S/C61H74N8O22/c70-47-18-11-36(26-40(47)31-68(33-54(79)80)24-25-69(34-55(81)82)32-41-27-37(12-19-48(41)71)14-21-52(75)76)13-20-49(72)63-30-50(73)64-46(58(87)88)28-38-9-15-42(16-10-38)91-35-51(74)67-61(29-43(61)39-6-2-1-3-7-39)59(89)62-23-5-4-8-44(56(83)84)65-60(90)66-45(57(85)86)17-22-53(77)78/h1-3,6-7,9-12,15-16,18-19,26-27,43-46,70-71H,4-5,8,13-14,17,20-25,28-35H2,(H,62,89)(H,63,72)(H,64,73)(H,67,74)(H,75,76)(H,77,78)(H,79,80)(H,81,82)(H,83,84)(H,85,86)(H,87,88)(H2,65,66,90)/t43?,44?,45-,46-,61?/m0/s1. The molecule has 4 aromatic carbocycles. The largest absolute Gasteiger partial charge is 0.508 e. The van der Waals surface area contributed by atoms with Crippen LogP contribution in [0.2, 0.25) is 0 Å². The van der Waals surface area contributed by atoms with Crippen LogP contribution >= 0.6 is 0 Å². The van der Waals surface area contributed by atoms with Crippen molar-refractivity contribution in [1.29, 1.82) is 0 Å². The van der Waals surface area contributed by atoms with E-state index in [4.69, 9.17) is 14.9 Å². The van der Waals surface area contributed by atoms with Crippen molar-refractivity contribution in [3.63, 3.8) is 0 Å². The number of carboxylic acid groups (broad SMARTS) is 7. The lowest BCUT2D eigenvalue weighted by molar-refractivity contribution is -0.142. The number of hydrogen-bond donors (Lipinski definition) is 15. The van der Waals surface area contributed by atoms with Gasteiger partial charge in [-0.15, -0.1) is 0 Å². The van der Waals surface area contributed by atoms with E-state index >= 15 is 0 Å². The van der Waals surface area contributed by atoms with Crippen molar-refractivity contribution >= 4 is 71.4 Å². The van der Waals surface area contributed by atoms with Crippen LogP contribution in [0, 0.1) is 0 Å². The molecule has 15 N–H and O–H groups in total. The molecular weight excluding hydrogens is 1200 g/mol. The number of aromatic hydroxyl groups is 2. The van der Waals surface area contributed by atoms with Crippen LogP contribution in [-0.2, 0) is 85.1 Å². The lowest BCUT2D eigenvalue weighted by Crippen LogP contribution is -2.51. The van der Waals surface area contributed by atoms with E-state index in [2.05, 4.69) is 31.9 Å². The number of aryl methyl sites for hydroxylation is 2. The maximum absolute atomic E-state index is 13.7. The lowest BCUT2D eigenvalue weighted by Gasteiger charge is -2.26. The summed E-state index contributed by atoms with van der Waals surface area (Å²) in [5.74, 6) is -12.1. The number of urea groups is 1. The molecule has 1 aliphatic carbocycles. The monoisotopic (exact) mass is 1270 g/mol. The Balaban J connectivity index is 1.06. The molecule has 0 bridgehead atoms. The van der Waals surface area contributed by atoms with Crippen molar-refractivity contribution in [2.75, 3.05) is 45.9 Å². The third-order valence-electron chi connectivity index (χ3n) is 14.6. The summed E-state index contributed by atoms with van der Waals surface area (Å²) in [5.41, 5.74) is 1.65. The number of ether oxygens (including phenoxy) is 1. The second-order valence-electron chi connectivity index (χ2n) is 21.7. The number of nitrogens with zero attached hydrogens (tertiary/aromatic N) is 2. The van der Waals surface area contributed by atoms with Gasteiger partial charge in [0.25, 0.3) is 5.91 Å². The summed E-state index contributed by atoms with van der Waals surface area (Å²) in [6.07, 6.45) is -0.672. The van der Waals surface area contributed by atoms with Crippen molar-refractivity contribution in [2.45, 2.75) is 113 Å². The van der Waals surface area contributed by atoms with Crippen molar-refractivity contribution in [2.24, 2.45) is 0 Å². The third-order valence-corrected chi connectivity index (χ3v) is 14.6. The van der Waals surface area contributed by atoms with Gasteiger partial charge in [-0.1, -0.05) is 66.7 Å². The second kappa shape index (κ2) is 35.0. The SMILES string of the molecule is O=C(O)CCc1ccc(O)c(CN(CCN(CC(=O)O)Cc2cc(CCC(=O)NCC(=O)N[C@@H](Cc3ccc(OCC(=O)NC4(C(=O)NCCCCC(NC(=O)N[C@@H](CCC(=O)O)C(=O)O)C(=O)O)CC4c4ccccc4)cc3)C(=O)O)ccc2O)CC(=O)O)c1. The quantitative estimate of drug-likeness (QED) is 0.0278. The highest BCUT2D eigenvalue weighted by atomic mass is 16.5. The summed E-state index contributed by atoms with van der Waals surface area (Å²) >= 11 is 0. The Morgan fingerprint density at radius 3 is 1.59 bits per heavy atom. The number of carbonyl (C=O) groups excluding carboxylic acids is 5. The van der Waals surface area contributed by atoms with E-state index in [-0.39, 0.29) is 108 Å². The molecule has 0 radical (unpaired) electrons. The van der Waals surface area contributed by atoms with Gasteiger partial charge < -0.3 is 82.6 Å². The van der Waals surface area contributed by atoms with Crippen LogP contribution in [0.4, 0.5) is 4.79 Å². The van der Waals surface area contributed by atoms with E-state index in [1.54, 1.807) is 54.6 Å². The number of amides is 6. The molecule has 3 unspecified atom stereocenters. The number of unbranched alkanes of at least 4 members (excludes halogenated alkanes) is 1. The van der Waals surface area contributed by atoms with Gasteiger partial charge in [0.05, 0.1) is 19.6 Å². The first-order valence-corrected chi connectivity index (χ1v) is 28.8. The Bertz CT molecular complexity index is 3260. The van der Waals surface area contributed by atoms with Gasteiger partial charge in [0.2, 0.25) is 17.7 Å². The van der Waals surface area contributed by atoms with Crippen molar-refractivity contribution in [1.82, 2.24) is 41.7 Å². The van der Waals surface area contributed by atoms with Gasteiger partial charge in [0.1, 0.15) is 40.9 Å². The van der Waals surface area contributed by atoms with Gasteiger partial charge in [-0.2, -0.15) is 0 Å². The number of hydrogen-bond acceptors (Lipinski definition) is 17. The zero-order chi connectivity index (χ0) is 66.8. The number of carboxylic acids is 7. The summed E-state index contributed by atoms with van der Waals surface area (Å²) in [4.78, 5) is 149. The van der Waals surface area contributed by atoms with Crippen LogP contribution in [0.5, 0.6) is 17.2 Å². The molecule has 30 nitrogen and oxygen atoms in total. The van der Waals surface area contributed by atoms with E-state index in [1.165, 1.54) is 46.2 Å². The zero-order valence-electron chi connectivity index (χ0n) is 49.3. The molecule has 0 saturated heterocycles. The average Bonchev–Trinajstić information content (AvgIpc) is 1.58.